The van der Waals surface area contributed by atoms with Gasteiger partial charge in [0.1, 0.15) is 5.82 Å². The van der Waals surface area contributed by atoms with Gasteiger partial charge in [-0.05, 0) is 38.1 Å². The van der Waals surface area contributed by atoms with E-state index in [4.69, 9.17) is 5.26 Å². The molecule has 0 unspecified atom stereocenters. The Morgan fingerprint density at radius 3 is 2.88 bits per heavy atom. The Morgan fingerprint density at radius 2 is 2.19 bits per heavy atom. The van der Waals surface area contributed by atoms with Crippen LogP contribution in [0.2, 0.25) is 0 Å². The van der Waals surface area contributed by atoms with Gasteiger partial charge in [0.15, 0.2) is 0 Å². The molecule has 4 nitrogen and oxygen atoms in total. The maximum Gasteiger partial charge on any atom is 0.127 e. The molecule has 0 atom stereocenters. The van der Waals surface area contributed by atoms with E-state index in [1.54, 1.807) is 18.3 Å². The fraction of sp³-hybridized carbons (Fsp3) is 0.455. The van der Waals surface area contributed by atoms with Crippen molar-refractivity contribution in [3.8, 4) is 6.07 Å². The highest BCUT2D eigenvalue weighted by atomic mass is 35.5. The summed E-state index contributed by atoms with van der Waals surface area (Å²) in [7, 11) is 0. The monoisotopic (exact) mass is 238 g/mol. The summed E-state index contributed by atoms with van der Waals surface area (Å²) in [5, 5.41) is 15.4. The van der Waals surface area contributed by atoms with Gasteiger partial charge in [0, 0.05) is 12.2 Å². The van der Waals surface area contributed by atoms with Gasteiger partial charge in [-0.1, -0.05) is 0 Å². The van der Waals surface area contributed by atoms with Crippen LogP contribution in [-0.2, 0) is 0 Å². The molecule has 0 spiro atoms. The molecule has 1 aromatic heterocycles. The average Bonchev–Trinajstić information content (AvgIpc) is 2.31. The van der Waals surface area contributed by atoms with Crippen LogP contribution in [-0.4, -0.2) is 24.1 Å². The molecular formula is C11H15ClN4. The molecule has 1 aliphatic rings. The molecule has 0 aliphatic carbocycles. The lowest BCUT2D eigenvalue weighted by molar-refractivity contribution is 0.478. The van der Waals surface area contributed by atoms with Gasteiger partial charge in [-0.3, -0.25) is 0 Å². The lowest BCUT2D eigenvalue weighted by Crippen LogP contribution is -2.35. The Balaban J connectivity index is 0.00000128. The summed E-state index contributed by atoms with van der Waals surface area (Å²) in [6.45, 7) is 2.10. The normalized spacial score (nSPS) is 15.9. The quantitative estimate of drug-likeness (QED) is 0.821. The third-order valence-corrected chi connectivity index (χ3v) is 2.58. The average molecular weight is 239 g/mol. The van der Waals surface area contributed by atoms with Gasteiger partial charge in [0.05, 0.1) is 11.6 Å². The topological polar surface area (TPSA) is 60.7 Å². The fourth-order valence-corrected chi connectivity index (χ4v) is 1.75. The molecule has 2 rings (SSSR count). The predicted octanol–water partition coefficient (Wildman–Crippen LogP) is 1.54. The highest BCUT2D eigenvalue weighted by molar-refractivity contribution is 5.85. The second kappa shape index (κ2) is 6.31. The largest absolute Gasteiger partial charge is 0.367 e. The molecule has 86 valence electrons. The second-order valence-electron chi connectivity index (χ2n) is 3.71. The van der Waals surface area contributed by atoms with E-state index in [-0.39, 0.29) is 12.4 Å². The second-order valence-corrected chi connectivity index (χ2v) is 3.71. The molecular weight excluding hydrogens is 224 g/mol. The minimum Gasteiger partial charge on any atom is -0.367 e. The van der Waals surface area contributed by atoms with Crippen molar-refractivity contribution in [1.29, 1.82) is 5.26 Å². The first-order valence-electron chi connectivity index (χ1n) is 5.22. The van der Waals surface area contributed by atoms with Gasteiger partial charge < -0.3 is 10.6 Å². The van der Waals surface area contributed by atoms with E-state index in [2.05, 4.69) is 21.7 Å². The summed E-state index contributed by atoms with van der Waals surface area (Å²) in [5.74, 6) is 0.806. The van der Waals surface area contributed by atoms with Crippen LogP contribution in [0.15, 0.2) is 18.3 Å². The Hall–Kier alpha value is -1.31. The Kier molecular flexibility index (Phi) is 5.03. The van der Waals surface area contributed by atoms with Crippen LogP contribution in [0.25, 0.3) is 0 Å². The van der Waals surface area contributed by atoms with Crippen LogP contribution < -0.4 is 10.6 Å². The predicted molar refractivity (Wildman–Crippen MR) is 65.7 cm³/mol. The van der Waals surface area contributed by atoms with Crippen molar-refractivity contribution in [2.75, 3.05) is 18.4 Å². The molecule has 1 saturated heterocycles. The Morgan fingerprint density at radius 1 is 1.44 bits per heavy atom. The molecule has 0 saturated carbocycles. The number of aromatic nitrogens is 1. The fourth-order valence-electron chi connectivity index (χ4n) is 1.75. The zero-order valence-corrected chi connectivity index (χ0v) is 9.76. The van der Waals surface area contributed by atoms with Gasteiger partial charge in [-0.15, -0.1) is 12.4 Å². The van der Waals surface area contributed by atoms with E-state index in [0.29, 0.717) is 11.6 Å². The minimum atomic E-state index is 0. The molecule has 0 aromatic carbocycles. The summed E-state index contributed by atoms with van der Waals surface area (Å²) in [4.78, 5) is 4.20. The van der Waals surface area contributed by atoms with Crippen LogP contribution in [0.4, 0.5) is 5.82 Å². The molecule has 1 fully saturated rings. The molecule has 0 bridgehead atoms. The third-order valence-electron chi connectivity index (χ3n) is 2.58. The first-order valence-corrected chi connectivity index (χ1v) is 5.22. The van der Waals surface area contributed by atoms with E-state index in [1.807, 2.05) is 0 Å². The number of nitrogens with one attached hydrogen (secondary N) is 2. The first kappa shape index (κ1) is 12.8. The zero-order valence-electron chi connectivity index (χ0n) is 8.94. The molecule has 5 heteroatoms. The van der Waals surface area contributed by atoms with Crippen molar-refractivity contribution in [3.63, 3.8) is 0 Å². The van der Waals surface area contributed by atoms with Crippen molar-refractivity contribution in [2.45, 2.75) is 18.9 Å². The van der Waals surface area contributed by atoms with E-state index < -0.39 is 0 Å². The van der Waals surface area contributed by atoms with Crippen LogP contribution in [0.1, 0.15) is 18.4 Å². The summed E-state index contributed by atoms with van der Waals surface area (Å²) in [6.07, 6.45) is 3.89. The van der Waals surface area contributed by atoms with Gasteiger partial charge in [0.2, 0.25) is 0 Å². The standard InChI is InChI=1S/C11H14N4.ClH/c12-8-9-1-6-14-11(7-9)15-10-2-4-13-5-3-10;/h1,6-7,10,13H,2-5H2,(H,14,15);1H. The summed E-state index contributed by atoms with van der Waals surface area (Å²) >= 11 is 0. The number of rotatable bonds is 2. The number of halogens is 1. The number of nitriles is 1. The van der Waals surface area contributed by atoms with Crippen LogP contribution >= 0.6 is 12.4 Å². The molecule has 2 heterocycles. The molecule has 1 aliphatic heterocycles. The number of pyridine rings is 1. The van der Waals surface area contributed by atoms with Gasteiger partial charge in [0.25, 0.3) is 0 Å². The SMILES string of the molecule is Cl.N#Cc1ccnc(NC2CCNCC2)c1. The Bertz CT molecular complexity index is 368. The Labute approximate surface area is 101 Å². The first-order chi connectivity index (χ1) is 7.38. The number of anilines is 1. The highest BCUT2D eigenvalue weighted by Gasteiger charge is 2.12. The van der Waals surface area contributed by atoms with E-state index >= 15 is 0 Å². The van der Waals surface area contributed by atoms with Crippen LogP contribution in [0.5, 0.6) is 0 Å². The van der Waals surface area contributed by atoms with Crippen LogP contribution in [0, 0.1) is 11.3 Å². The maximum atomic E-state index is 8.75. The minimum absolute atomic E-state index is 0. The smallest absolute Gasteiger partial charge is 0.127 e. The van der Waals surface area contributed by atoms with Gasteiger partial charge in [-0.25, -0.2) is 4.98 Å². The van der Waals surface area contributed by atoms with Crippen molar-refractivity contribution >= 4 is 18.2 Å². The van der Waals surface area contributed by atoms with Crippen molar-refractivity contribution in [2.24, 2.45) is 0 Å². The molecule has 16 heavy (non-hydrogen) atoms. The molecule has 1 aromatic rings. The van der Waals surface area contributed by atoms with Crippen molar-refractivity contribution in [1.82, 2.24) is 10.3 Å². The van der Waals surface area contributed by atoms with E-state index in [0.717, 1.165) is 31.7 Å². The van der Waals surface area contributed by atoms with Crippen LogP contribution in [0.3, 0.4) is 0 Å². The summed E-state index contributed by atoms with van der Waals surface area (Å²) in [6, 6.07) is 6.10. The number of nitrogens with zero attached hydrogens (tertiary/aromatic N) is 2. The lowest BCUT2D eigenvalue weighted by atomic mass is 10.1. The summed E-state index contributed by atoms with van der Waals surface area (Å²) < 4.78 is 0. The highest BCUT2D eigenvalue weighted by Crippen LogP contribution is 2.11. The number of piperidine rings is 1. The number of hydrogen-bond acceptors (Lipinski definition) is 4. The number of hydrogen-bond donors (Lipinski definition) is 2. The van der Waals surface area contributed by atoms with Crippen molar-refractivity contribution < 1.29 is 0 Å². The third kappa shape index (κ3) is 3.37. The molecule has 2 N–H and O–H groups in total. The lowest BCUT2D eigenvalue weighted by Gasteiger charge is -2.24. The molecule has 0 amide bonds. The van der Waals surface area contributed by atoms with Crippen molar-refractivity contribution in [3.05, 3.63) is 23.9 Å². The molecule has 0 radical (unpaired) electrons. The van der Waals surface area contributed by atoms with E-state index in [9.17, 15) is 0 Å². The maximum absolute atomic E-state index is 8.75. The summed E-state index contributed by atoms with van der Waals surface area (Å²) in [5.41, 5.74) is 0.654. The van der Waals surface area contributed by atoms with E-state index in [1.165, 1.54) is 0 Å². The van der Waals surface area contributed by atoms with Gasteiger partial charge in [-0.2, -0.15) is 5.26 Å². The van der Waals surface area contributed by atoms with Gasteiger partial charge >= 0.3 is 0 Å². The zero-order chi connectivity index (χ0) is 10.5.